The number of nitrogens with one attached hydrogen (secondary N) is 2. The van der Waals surface area contributed by atoms with E-state index in [0.29, 0.717) is 48.7 Å². The van der Waals surface area contributed by atoms with Crippen molar-refractivity contribution in [2.24, 2.45) is 4.99 Å². The Kier molecular flexibility index (Phi) is 8.02. The molecule has 0 aliphatic carbocycles. The van der Waals surface area contributed by atoms with Gasteiger partial charge in [0.2, 0.25) is 5.89 Å². The summed E-state index contributed by atoms with van der Waals surface area (Å²) in [5.41, 5.74) is 0.882. The molecule has 2 aromatic rings. The van der Waals surface area contributed by atoms with E-state index in [2.05, 4.69) is 20.6 Å². The van der Waals surface area contributed by atoms with Crippen LogP contribution in [-0.4, -0.2) is 50.3 Å². The lowest BCUT2D eigenvalue weighted by atomic mass is 10.3. The van der Waals surface area contributed by atoms with Gasteiger partial charge < -0.3 is 15.1 Å². The third-order valence-electron chi connectivity index (χ3n) is 4.30. The lowest BCUT2D eigenvalue weighted by Crippen LogP contribution is -2.37. The molecule has 2 N–H and O–H groups in total. The van der Waals surface area contributed by atoms with Gasteiger partial charge in [-0.3, -0.25) is 4.99 Å². The summed E-state index contributed by atoms with van der Waals surface area (Å²) in [5, 5.41) is 6.37. The number of aryl methyl sites for hydroxylation is 2. The fourth-order valence-electron chi connectivity index (χ4n) is 2.62. The Morgan fingerprint density at radius 1 is 1.25 bits per heavy atom. The molecular weight excluding hydrogens is 398 g/mol. The number of aromatic nitrogens is 1. The van der Waals surface area contributed by atoms with Crippen molar-refractivity contribution in [3.05, 3.63) is 34.4 Å². The third kappa shape index (κ3) is 5.55. The maximum absolute atomic E-state index is 12.6. The van der Waals surface area contributed by atoms with E-state index in [1.807, 2.05) is 33.8 Å². The molecule has 156 valence electrons. The van der Waals surface area contributed by atoms with Crippen LogP contribution in [-0.2, 0) is 23.0 Å². The molecule has 0 atom stereocenters. The van der Waals surface area contributed by atoms with Crippen molar-refractivity contribution < 1.29 is 12.8 Å². The van der Waals surface area contributed by atoms with Gasteiger partial charge in [0, 0.05) is 31.6 Å². The van der Waals surface area contributed by atoms with Crippen LogP contribution >= 0.6 is 11.3 Å². The minimum Gasteiger partial charge on any atom is -0.444 e. The molecule has 8 nitrogen and oxygen atoms in total. The van der Waals surface area contributed by atoms with Crippen molar-refractivity contribution in [1.29, 1.82) is 0 Å². The van der Waals surface area contributed by atoms with Crippen LogP contribution in [0.25, 0.3) is 0 Å². The molecule has 2 heterocycles. The first-order valence-corrected chi connectivity index (χ1v) is 11.5. The predicted molar refractivity (Wildman–Crippen MR) is 112 cm³/mol. The molecule has 0 saturated carbocycles. The number of sulfonamides is 1. The molecule has 0 unspecified atom stereocenters. The van der Waals surface area contributed by atoms with Crippen LogP contribution < -0.4 is 10.6 Å². The van der Waals surface area contributed by atoms with Crippen molar-refractivity contribution in [2.75, 3.05) is 26.7 Å². The van der Waals surface area contributed by atoms with Gasteiger partial charge in [-0.2, -0.15) is 4.31 Å². The first kappa shape index (κ1) is 22.4. The predicted octanol–water partition coefficient (Wildman–Crippen LogP) is 2.29. The molecule has 2 rings (SSSR count). The molecule has 0 fully saturated rings. The lowest BCUT2D eigenvalue weighted by molar-refractivity contribution is 0.447. The summed E-state index contributed by atoms with van der Waals surface area (Å²) in [6.07, 6.45) is 0.705. The molecule has 0 aliphatic rings. The SMILES string of the molecule is CCN(CC)S(=O)(=O)c1ccc(CCNC(=NC)NCc2nc(C)c(C)o2)s1. The van der Waals surface area contributed by atoms with Crippen LogP contribution in [0.15, 0.2) is 25.8 Å². The molecule has 10 heteroatoms. The van der Waals surface area contributed by atoms with Crippen LogP contribution in [0.2, 0.25) is 0 Å². The highest BCUT2D eigenvalue weighted by atomic mass is 32.2. The van der Waals surface area contributed by atoms with E-state index in [1.54, 1.807) is 13.1 Å². The van der Waals surface area contributed by atoms with Crippen LogP contribution in [0.3, 0.4) is 0 Å². The number of rotatable bonds is 9. The second kappa shape index (κ2) is 10.0. The first-order valence-electron chi connectivity index (χ1n) is 9.28. The average molecular weight is 428 g/mol. The molecule has 0 spiro atoms. The zero-order valence-corrected chi connectivity index (χ0v) is 18.7. The number of hydrogen-bond donors (Lipinski definition) is 2. The molecular formula is C18H29N5O3S2. The monoisotopic (exact) mass is 427 g/mol. The van der Waals surface area contributed by atoms with Gasteiger partial charge in [0.25, 0.3) is 10.0 Å². The largest absolute Gasteiger partial charge is 0.444 e. The van der Waals surface area contributed by atoms with E-state index in [-0.39, 0.29) is 0 Å². The van der Waals surface area contributed by atoms with Gasteiger partial charge in [-0.25, -0.2) is 13.4 Å². The number of aliphatic imine (C=N–C) groups is 1. The van der Waals surface area contributed by atoms with Crippen LogP contribution in [0.4, 0.5) is 0 Å². The quantitative estimate of drug-likeness (QED) is 0.470. The summed E-state index contributed by atoms with van der Waals surface area (Å²) in [6, 6.07) is 3.56. The molecule has 2 aromatic heterocycles. The summed E-state index contributed by atoms with van der Waals surface area (Å²) in [6.45, 7) is 9.50. The van der Waals surface area contributed by atoms with E-state index in [0.717, 1.165) is 16.3 Å². The average Bonchev–Trinajstić information content (AvgIpc) is 3.26. The Morgan fingerprint density at radius 3 is 2.54 bits per heavy atom. The van der Waals surface area contributed by atoms with E-state index in [4.69, 9.17) is 4.42 Å². The van der Waals surface area contributed by atoms with Crippen molar-refractivity contribution >= 4 is 27.3 Å². The fraction of sp³-hybridized carbons (Fsp3) is 0.556. The normalized spacial score (nSPS) is 12.6. The molecule has 0 bridgehead atoms. The van der Waals surface area contributed by atoms with Gasteiger partial charge in [-0.15, -0.1) is 11.3 Å². The highest BCUT2D eigenvalue weighted by molar-refractivity contribution is 7.91. The summed E-state index contributed by atoms with van der Waals surface area (Å²) in [5.74, 6) is 2.07. The molecule has 28 heavy (non-hydrogen) atoms. The number of guanidine groups is 1. The van der Waals surface area contributed by atoms with E-state index in [9.17, 15) is 8.42 Å². The Morgan fingerprint density at radius 2 is 1.96 bits per heavy atom. The smallest absolute Gasteiger partial charge is 0.252 e. The highest BCUT2D eigenvalue weighted by Crippen LogP contribution is 2.25. The van der Waals surface area contributed by atoms with Crippen LogP contribution in [0, 0.1) is 13.8 Å². The van der Waals surface area contributed by atoms with Crippen molar-refractivity contribution in [3.63, 3.8) is 0 Å². The van der Waals surface area contributed by atoms with Crippen molar-refractivity contribution in [3.8, 4) is 0 Å². The summed E-state index contributed by atoms with van der Waals surface area (Å²) >= 11 is 1.32. The highest BCUT2D eigenvalue weighted by Gasteiger charge is 2.23. The Balaban J connectivity index is 1.86. The van der Waals surface area contributed by atoms with Crippen molar-refractivity contribution in [1.82, 2.24) is 19.9 Å². The van der Waals surface area contributed by atoms with Gasteiger partial charge in [-0.1, -0.05) is 13.8 Å². The van der Waals surface area contributed by atoms with Gasteiger partial charge >= 0.3 is 0 Å². The zero-order valence-electron chi connectivity index (χ0n) is 17.1. The summed E-state index contributed by atoms with van der Waals surface area (Å²) in [4.78, 5) is 9.51. The Bertz CT molecular complexity index is 879. The molecule has 0 aromatic carbocycles. The second-order valence-electron chi connectivity index (χ2n) is 6.16. The fourth-order valence-corrected chi connectivity index (χ4v) is 5.59. The minimum atomic E-state index is -3.39. The Labute approximate surface area is 171 Å². The maximum Gasteiger partial charge on any atom is 0.252 e. The van der Waals surface area contributed by atoms with Gasteiger partial charge in [0.1, 0.15) is 9.97 Å². The summed E-state index contributed by atoms with van der Waals surface area (Å²) in [7, 11) is -1.69. The number of nitrogens with zero attached hydrogens (tertiary/aromatic N) is 3. The van der Waals surface area contributed by atoms with Gasteiger partial charge in [0.15, 0.2) is 5.96 Å². The Hall–Kier alpha value is -1.91. The first-order chi connectivity index (χ1) is 13.3. The molecule has 0 saturated heterocycles. The van der Waals surface area contributed by atoms with Gasteiger partial charge in [0.05, 0.1) is 12.2 Å². The standard InChI is InChI=1S/C18H29N5O3S2/c1-6-23(7-2)28(24,25)17-9-8-15(27-17)10-11-20-18(19-5)21-12-16-22-13(3)14(4)26-16/h8-9H,6-7,10-12H2,1-5H3,(H2,19,20,21). The topological polar surface area (TPSA) is 99.8 Å². The molecule has 0 radical (unpaired) electrons. The number of thiophene rings is 1. The second-order valence-corrected chi connectivity index (χ2v) is 9.49. The number of hydrogen-bond acceptors (Lipinski definition) is 6. The van der Waals surface area contributed by atoms with E-state index in [1.165, 1.54) is 15.6 Å². The van der Waals surface area contributed by atoms with Crippen molar-refractivity contribution in [2.45, 2.75) is 44.9 Å². The van der Waals surface area contributed by atoms with Gasteiger partial charge in [-0.05, 0) is 32.4 Å². The van der Waals surface area contributed by atoms with Crippen LogP contribution in [0.1, 0.15) is 36.1 Å². The summed E-state index contributed by atoms with van der Waals surface area (Å²) < 4.78 is 32.5. The third-order valence-corrected chi connectivity index (χ3v) is 7.97. The minimum absolute atomic E-state index is 0.392. The lowest BCUT2D eigenvalue weighted by Gasteiger charge is -2.16. The van der Waals surface area contributed by atoms with E-state index >= 15 is 0 Å². The molecule has 0 amide bonds. The molecule has 0 aliphatic heterocycles. The van der Waals surface area contributed by atoms with E-state index < -0.39 is 10.0 Å². The maximum atomic E-state index is 12.6. The van der Waals surface area contributed by atoms with Crippen LogP contribution in [0.5, 0.6) is 0 Å². The zero-order chi connectivity index (χ0) is 20.7. The number of oxazole rings is 1.